The minimum absolute atomic E-state index is 0.213. The summed E-state index contributed by atoms with van der Waals surface area (Å²) in [4.78, 5) is 23.4. The summed E-state index contributed by atoms with van der Waals surface area (Å²) in [5.41, 5.74) is 1.10. The average molecular weight is 347 g/mol. The minimum atomic E-state index is 0.213. The lowest BCUT2D eigenvalue weighted by Crippen LogP contribution is -2.50. The molecule has 0 unspecified atom stereocenters. The van der Waals surface area contributed by atoms with Crippen molar-refractivity contribution in [3.63, 3.8) is 0 Å². The molecule has 0 radical (unpaired) electrons. The van der Waals surface area contributed by atoms with E-state index in [1.807, 2.05) is 31.9 Å². The fourth-order valence-electron chi connectivity index (χ4n) is 2.88. The van der Waals surface area contributed by atoms with Gasteiger partial charge in [-0.05, 0) is 26.0 Å². The second-order valence-corrected chi connectivity index (χ2v) is 7.84. The first-order valence-electron chi connectivity index (χ1n) is 8.58. The van der Waals surface area contributed by atoms with Gasteiger partial charge in [0.2, 0.25) is 5.91 Å². The quantitative estimate of drug-likeness (QED) is 0.833. The molecule has 6 heteroatoms. The van der Waals surface area contributed by atoms with Gasteiger partial charge in [-0.25, -0.2) is 4.98 Å². The number of carbonyl (C=O) groups is 1. The van der Waals surface area contributed by atoms with Crippen molar-refractivity contribution < 1.29 is 4.79 Å². The van der Waals surface area contributed by atoms with E-state index in [4.69, 9.17) is 4.98 Å². The first-order chi connectivity index (χ1) is 11.5. The number of fused-ring (bicyclic) bond motifs is 1. The summed E-state index contributed by atoms with van der Waals surface area (Å²) in [6.07, 6.45) is 0. The molecule has 0 saturated carbocycles. The molecular formula is C18H26N4OS. The van der Waals surface area contributed by atoms with Crippen molar-refractivity contribution in [1.29, 1.82) is 0 Å². The summed E-state index contributed by atoms with van der Waals surface area (Å²) in [7, 11) is 1.89. The van der Waals surface area contributed by atoms with Gasteiger partial charge in [0.15, 0.2) is 0 Å². The fraction of sp³-hybridized carbons (Fsp3) is 0.556. The van der Waals surface area contributed by atoms with Crippen LogP contribution in [-0.2, 0) is 11.3 Å². The second kappa shape index (κ2) is 7.59. The van der Waals surface area contributed by atoms with Gasteiger partial charge >= 0.3 is 0 Å². The van der Waals surface area contributed by atoms with E-state index in [9.17, 15) is 4.79 Å². The zero-order chi connectivity index (χ0) is 17.1. The Hall–Kier alpha value is -1.50. The Morgan fingerprint density at radius 3 is 2.54 bits per heavy atom. The lowest BCUT2D eigenvalue weighted by molar-refractivity contribution is -0.133. The van der Waals surface area contributed by atoms with Crippen LogP contribution in [0.5, 0.6) is 0 Å². The summed E-state index contributed by atoms with van der Waals surface area (Å²) in [6.45, 7) is 9.42. The van der Waals surface area contributed by atoms with Gasteiger partial charge in [-0.2, -0.15) is 0 Å². The van der Waals surface area contributed by atoms with Crippen molar-refractivity contribution in [3.8, 4) is 0 Å². The molecule has 1 aromatic carbocycles. The number of para-hydroxylation sites is 1. The van der Waals surface area contributed by atoms with E-state index in [2.05, 4.69) is 28.0 Å². The molecule has 3 rings (SSSR count). The van der Waals surface area contributed by atoms with Crippen LogP contribution in [0.1, 0.15) is 18.9 Å². The molecule has 1 saturated heterocycles. The number of amides is 1. The Bertz CT molecular complexity index is 658. The molecule has 1 aliphatic rings. The second-order valence-electron chi connectivity index (χ2n) is 6.73. The first kappa shape index (κ1) is 17.3. The molecule has 0 aliphatic carbocycles. The van der Waals surface area contributed by atoms with Gasteiger partial charge in [-0.1, -0.05) is 12.1 Å². The third-order valence-corrected chi connectivity index (χ3v) is 5.71. The topological polar surface area (TPSA) is 39.7 Å². The molecule has 2 heterocycles. The average Bonchev–Trinajstić information content (AvgIpc) is 2.98. The van der Waals surface area contributed by atoms with E-state index in [0.717, 1.165) is 38.2 Å². The highest BCUT2D eigenvalue weighted by Crippen LogP contribution is 2.22. The maximum Gasteiger partial charge on any atom is 0.236 e. The zero-order valence-electron chi connectivity index (χ0n) is 14.7. The van der Waals surface area contributed by atoms with Gasteiger partial charge in [-0.15, -0.1) is 11.3 Å². The summed E-state index contributed by atoms with van der Waals surface area (Å²) >= 11 is 1.78. The first-order valence-corrected chi connectivity index (χ1v) is 9.39. The smallest absolute Gasteiger partial charge is 0.236 e. The lowest BCUT2D eigenvalue weighted by Gasteiger charge is -2.35. The van der Waals surface area contributed by atoms with E-state index in [1.54, 1.807) is 11.3 Å². The molecule has 1 fully saturated rings. The maximum absolute atomic E-state index is 12.2. The van der Waals surface area contributed by atoms with Gasteiger partial charge in [0.1, 0.15) is 5.01 Å². The number of piperazine rings is 1. The summed E-state index contributed by atoms with van der Waals surface area (Å²) in [5, 5.41) is 1.18. The number of rotatable bonds is 5. The molecule has 0 spiro atoms. The molecule has 0 atom stereocenters. The number of aromatic nitrogens is 1. The molecule has 2 aromatic rings. The van der Waals surface area contributed by atoms with Crippen molar-refractivity contribution in [2.24, 2.45) is 0 Å². The Balaban J connectivity index is 1.49. The van der Waals surface area contributed by atoms with Gasteiger partial charge in [0, 0.05) is 39.3 Å². The summed E-state index contributed by atoms with van der Waals surface area (Å²) in [5.74, 6) is 0.213. The number of hydrogen-bond acceptors (Lipinski definition) is 5. The normalized spacial score (nSPS) is 16.8. The van der Waals surface area contributed by atoms with Gasteiger partial charge in [-0.3, -0.25) is 14.6 Å². The van der Waals surface area contributed by atoms with Crippen LogP contribution in [0.4, 0.5) is 0 Å². The molecule has 1 aliphatic heterocycles. The summed E-state index contributed by atoms with van der Waals surface area (Å²) in [6, 6.07) is 8.57. The van der Waals surface area contributed by atoms with Crippen LogP contribution < -0.4 is 0 Å². The number of benzene rings is 1. The molecule has 1 amide bonds. The van der Waals surface area contributed by atoms with Crippen LogP contribution in [0.2, 0.25) is 0 Å². The van der Waals surface area contributed by atoms with E-state index < -0.39 is 0 Å². The standard InChI is InChI=1S/C18H26N4OS/c1-14(2)20(3)18(23)13-22-10-8-21(9-11-22)12-17-19-15-6-4-5-7-16(15)24-17/h4-7,14H,8-13H2,1-3H3. The molecule has 130 valence electrons. The van der Waals surface area contributed by atoms with Gasteiger partial charge < -0.3 is 4.90 Å². The number of likely N-dealkylation sites (N-methyl/N-ethyl adjacent to an activating group) is 1. The largest absolute Gasteiger partial charge is 0.342 e. The minimum Gasteiger partial charge on any atom is -0.342 e. The van der Waals surface area contributed by atoms with Crippen molar-refractivity contribution in [2.75, 3.05) is 39.8 Å². The van der Waals surface area contributed by atoms with E-state index in [0.29, 0.717) is 6.54 Å². The summed E-state index contributed by atoms with van der Waals surface area (Å²) < 4.78 is 1.26. The highest BCUT2D eigenvalue weighted by Gasteiger charge is 2.22. The predicted molar refractivity (Wildman–Crippen MR) is 99.2 cm³/mol. The highest BCUT2D eigenvalue weighted by molar-refractivity contribution is 7.18. The number of hydrogen-bond donors (Lipinski definition) is 0. The fourth-order valence-corrected chi connectivity index (χ4v) is 3.89. The van der Waals surface area contributed by atoms with Crippen LogP contribution in [0.15, 0.2) is 24.3 Å². The van der Waals surface area contributed by atoms with Crippen molar-refractivity contribution in [1.82, 2.24) is 19.7 Å². The predicted octanol–water partition coefficient (Wildman–Crippen LogP) is 2.28. The zero-order valence-corrected chi connectivity index (χ0v) is 15.6. The molecule has 24 heavy (non-hydrogen) atoms. The van der Waals surface area contributed by atoms with Crippen LogP contribution in [0.3, 0.4) is 0 Å². The number of thiazole rings is 1. The molecular weight excluding hydrogens is 320 g/mol. The van der Waals surface area contributed by atoms with Crippen molar-refractivity contribution in [2.45, 2.75) is 26.4 Å². The SMILES string of the molecule is CC(C)N(C)C(=O)CN1CCN(Cc2nc3ccccc3s2)CC1. The van der Waals surface area contributed by atoms with Crippen LogP contribution in [0.25, 0.3) is 10.2 Å². The molecule has 0 N–H and O–H groups in total. The Morgan fingerprint density at radius 1 is 1.21 bits per heavy atom. The van der Waals surface area contributed by atoms with E-state index in [-0.39, 0.29) is 11.9 Å². The van der Waals surface area contributed by atoms with Crippen LogP contribution >= 0.6 is 11.3 Å². The molecule has 1 aromatic heterocycles. The Kier molecular flexibility index (Phi) is 5.48. The lowest BCUT2D eigenvalue weighted by atomic mass is 10.3. The van der Waals surface area contributed by atoms with Gasteiger partial charge in [0.05, 0.1) is 23.3 Å². The molecule has 5 nitrogen and oxygen atoms in total. The van der Waals surface area contributed by atoms with Crippen molar-refractivity contribution >= 4 is 27.5 Å². The monoisotopic (exact) mass is 346 g/mol. The number of nitrogens with zero attached hydrogens (tertiary/aromatic N) is 4. The number of carbonyl (C=O) groups excluding carboxylic acids is 1. The van der Waals surface area contributed by atoms with Crippen LogP contribution in [0, 0.1) is 0 Å². The maximum atomic E-state index is 12.2. The third kappa shape index (κ3) is 4.12. The van der Waals surface area contributed by atoms with Crippen molar-refractivity contribution in [3.05, 3.63) is 29.3 Å². The third-order valence-electron chi connectivity index (χ3n) is 4.69. The molecule has 0 bridgehead atoms. The van der Waals surface area contributed by atoms with Crippen LogP contribution in [-0.4, -0.2) is 71.4 Å². The van der Waals surface area contributed by atoms with E-state index in [1.165, 1.54) is 9.71 Å². The Morgan fingerprint density at radius 2 is 1.88 bits per heavy atom. The Labute approximate surface area is 147 Å². The van der Waals surface area contributed by atoms with E-state index >= 15 is 0 Å². The van der Waals surface area contributed by atoms with Gasteiger partial charge in [0.25, 0.3) is 0 Å². The highest BCUT2D eigenvalue weighted by atomic mass is 32.1.